The predicted molar refractivity (Wildman–Crippen MR) is 129 cm³/mol. The van der Waals surface area contributed by atoms with Gasteiger partial charge in [0.25, 0.3) is 0 Å². The number of aromatic nitrogens is 3. The van der Waals surface area contributed by atoms with Crippen LogP contribution in [0.25, 0.3) is 11.4 Å². The Morgan fingerprint density at radius 2 is 1.73 bits per heavy atom. The molecule has 2 aromatic carbocycles. The number of nitrogens with zero attached hydrogens (tertiary/aromatic N) is 4. The van der Waals surface area contributed by atoms with E-state index in [1.165, 1.54) is 33.8 Å². The number of hydrogen-bond donors (Lipinski definition) is 1. The van der Waals surface area contributed by atoms with Crippen LogP contribution in [-0.4, -0.2) is 70.6 Å². The highest BCUT2D eigenvalue weighted by molar-refractivity contribution is 7.99. The van der Waals surface area contributed by atoms with Gasteiger partial charge in [0.15, 0.2) is 5.82 Å². The van der Waals surface area contributed by atoms with E-state index in [4.69, 9.17) is 11.6 Å². The number of hydrogen-bond acceptors (Lipinski definition) is 6. The Morgan fingerprint density at radius 1 is 1.06 bits per heavy atom. The third-order valence-corrected chi connectivity index (χ3v) is 8.46. The minimum atomic E-state index is -3.60. The van der Waals surface area contributed by atoms with Crippen molar-refractivity contribution < 1.29 is 13.2 Å². The van der Waals surface area contributed by atoms with Crippen LogP contribution in [0.4, 0.5) is 0 Å². The van der Waals surface area contributed by atoms with E-state index in [0.717, 1.165) is 12.0 Å². The van der Waals surface area contributed by atoms with Crippen molar-refractivity contribution >= 4 is 39.3 Å². The first-order chi connectivity index (χ1) is 15.9. The van der Waals surface area contributed by atoms with Crippen molar-refractivity contribution in [1.82, 2.24) is 24.4 Å². The maximum atomic E-state index is 12.8. The highest BCUT2D eigenvalue weighted by Crippen LogP contribution is 2.22. The van der Waals surface area contributed by atoms with E-state index in [1.807, 2.05) is 12.1 Å². The van der Waals surface area contributed by atoms with Crippen LogP contribution < -0.4 is 0 Å². The number of thioether (sulfide) groups is 1. The van der Waals surface area contributed by atoms with Crippen LogP contribution in [0.15, 0.2) is 58.6 Å². The van der Waals surface area contributed by atoms with E-state index in [-0.39, 0.29) is 29.6 Å². The number of carbonyl (C=O) groups excluding carboxylic acids is 1. The average Bonchev–Trinajstić information content (AvgIpc) is 3.32. The van der Waals surface area contributed by atoms with E-state index < -0.39 is 10.0 Å². The maximum Gasteiger partial charge on any atom is 0.243 e. The SMILES string of the molecule is CCc1ccc(-c2nc(SCC(=O)N3CCN(S(=O)(=O)c4ccc(Cl)cc4)CC3)n[nH]2)cc1. The molecule has 0 atom stereocenters. The number of sulfonamides is 1. The molecule has 1 aliphatic heterocycles. The van der Waals surface area contributed by atoms with Crippen molar-refractivity contribution in [3.8, 4) is 11.4 Å². The summed E-state index contributed by atoms with van der Waals surface area (Å²) in [6.07, 6.45) is 0.973. The summed E-state index contributed by atoms with van der Waals surface area (Å²) in [4.78, 5) is 19.0. The Bertz CT molecular complexity index is 1210. The molecule has 1 amide bonds. The molecule has 0 bridgehead atoms. The maximum absolute atomic E-state index is 12.8. The highest BCUT2D eigenvalue weighted by Gasteiger charge is 2.30. The monoisotopic (exact) mass is 505 g/mol. The molecule has 1 aromatic heterocycles. The predicted octanol–water partition coefficient (Wildman–Crippen LogP) is 3.31. The van der Waals surface area contributed by atoms with Gasteiger partial charge in [-0.25, -0.2) is 13.4 Å². The van der Waals surface area contributed by atoms with Gasteiger partial charge in [0, 0.05) is 36.8 Å². The molecule has 0 unspecified atom stereocenters. The minimum absolute atomic E-state index is 0.0674. The lowest BCUT2D eigenvalue weighted by molar-refractivity contribution is -0.129. The molecule has 0 spiro atoms. The van der Waals surface area contributed by atoms with Crippen molar-refractivity contribution in [3.63, 3.8) is 0 Å². The van der Waals surface area contributed by atoms with E-state index in [9.17, 15) is 13.2 Å². The van der Waals surface area contributed by atoms with E-state index in [0.29, 0.717) is 29.1 Å². The third-order valence-electron chi connectivity index (χ3n) is 5.47. The summed E-state index contributed by atoms with van der Waals surface area (Å²) in [5.74, 6) is 0.784. The zero-order valence-corrected chi connectivity index (χ0v) is 20.5. The van der Waals surface area contributed by atoms with Gasteiger partial charge in [0.2, 0.25) is 21.1 Å². The lowest BCUT2D eigenvalue weighted by atomic mass is 10.1. The number of amides is 1. The van der Waals surface area contributed by atoms with Crippen molar-refractivity contribution in [2.75, 3.05) is 31.9 Å². The van der Waals surface area contributed by atoms with Crippen LogP contribution >= 0.6 is 23.4 Å². The van der Waals surface area contributed by atoms with Crippen LogP contribution in [0.1, 0.15) is 12.5 Å². The van der Waals surface area contributed by atoms with Crippen LogP contribution in [0.3, 0.4) is 0 Å². The Kier molecular flexibility index (Phi) is 7.38. The van der Waals surface area contributed by atoms with Crippen LogP contribution in [0.2, 0.25) is 5.02 Å². The molecule has 1 fully saturated rings. The highest BCUT2D eigenvalue weighted by atomic mass is 35.5. The second-order valence-electron chi connectivity index (χ2n) is 7.54. The molecule has 1 saturated heterocycles. The summed E-state index contributed by atoms with van der Waals surface area (Å²) in [7, 11) is -3.60. The lowest BCUT2D eigenvalue weighted by Crippen LogP contribution is -2.50. The zero-order valence-electron chi connectivity index (χ0n) is 18.1. The number of nitrogens with one attached hydrogen (secondary N) is 1. The van der Waals surface area contributed by atoms with Crippen LogP contribution in [0, 0.1) is 0 Å². The summed E-state index contributed by atoms with van der Waals surface area (Å²) in [6.45, 7) is 3.29. The molecule has 0 saturated carbocycles. The molecule has 4 rings (SSSR count). The fraction of sp³-hybridized carbons (Fsp3) is 0.318. The molecule has 33 heavy (non-hydrogen) atoms. The summed E-state index contributed by atoms with van der Waals surface area (Å²) in [6, 6.07) is 14.2. The Hall–Kier alpha value is -2.40. The molecule has 2 heterocycles. The summed E-state index contributed by atoms with van der Waals surface area (Å²) in [5.41, 5.74) is 2.19. The number of rotatable bonds is 7. The molecule has 1 aliphatic rings. The van der Waals surface area contributed by atoms with E-state index in [2.05, 4.69) is 34.2 Å². The quantitative estimate of drug-likeness (QED) is 0.494. The van der Waals surface area contributed by atoms with Crippen molar-refractivity contribution in [2.45, 2.75) is 23.4 Å². The van der Waals surface area contributed by atoms with Gasteiger partial charge in [0.1, 0.15) is 0 Å². The van der Waals surface area contributed by atoms with Crippen molar-refractivity contribution in [3.05, 3.63) is 59.1 Å². The third kappa shape index (κ3) is 5.57. The zero-order chi connectivity index (χ0) is 23.4. The molecule has 8 nitrogen and oxygen atoms in total. The Labute approximate surface area is 202 Å². The molecular formula is C22H24ClN5O3S2. The van der Waals surface area contributed by atoms with E-state index >= 15 is 0 Å². The van der Waals surface area contributed by atoms with E-state index in [1.54, 1.807) is 17.0 Å². The number of carbonyl (C=O) groups is 1. The standard InChI is InChI=1S/C22H24ClN5O3S2/c1-2-16-3-5-17(6-4-16)21-24-22(26-25-21)32-15-20(29)27-11-13-28(14-12-27)33(30,31)19-9-7-18(23)8-10-19/h3-10H,2,11-15H2,1H3,(H,24,25,26). The smallest absolute Gasteiger partial charge is 0.243 e. The number of piperazine rings is 1. The first kappa shape index (κ1) is 23.7. The first-order valence-electron chi connectivity index (χ1n) is 10.5. The average molecular weight is 506 g/mol. The van der Waals surface area contributed by atoms with Crippen LogP contribution in [0.5, 0.6) is 0 Å². The summed E-state index contributed by atoms with van der Waals surface area (Å²) < 4.78 is 27.0. The number of aryl methyl sites for hydroxylation is 1. The molecule has 0 radical (unpaired) electrons. The van der Waals surface area contributed by atoms with Crippen LogP contribution in [-0.2, 0) is 21.2 Å². The number of H-pyrrole nitrogens is 1. The number of aromatic amines is 1. The van der Waals surface area contributed by atoms with Gasteiger partial charge in [-0.05, 0) is 36.2 Å². The van der Waals surface area contributed by atoms with Gasteiger partial charge in [-0.3, -0.25) is 9.89 Å². The minimum Gasteiger partial charge on any atom is -0.339 e. The number of halogens is 1. The normalized spacial score (nSPS) is 15.0. The first-order valence-corrected chi connectivity index (χ1v) is 13.3. The Morgan fingerprint density at radius 3 is 2.36 bits per heavy atom. The molecule has 174 valence electrons. The van der Waals surface area contributed by atoms with Gasteiger partial charge in [0.05, 0.1) is 10.6 Å². The topological polar surface area (TPSA) is 99.3 Å². The fourth-order valence-corrected chi connectivity index (χ4v) is 5.74. The van der Waals surface area contributed by atoms with Crippen molar-refractivity contribution in [1.29, 1.82) is 0 Å². The Balaban J connectivity index is 1.29. The summed E-state index contributed by atoms with van der Waals surface area (Å²) in [5, 5.41) is 8.09. The second kappa shape index (κ2) is 10.3. The van der Waals surface area contributed by atoms with Gasteiger partial charge in [-0.15, -0.1) is 5.10 Å². The van der Waals surface area contributed by atoms with Gasteiger partial charge in [-0.2, -0.15) is 4.31 Å². The second-order valence-corrected chi connectivity index (χ2v) is 10.9. The van der Waals surface area contributed by atoms with Crippen molar-refractivity contribution in [2.24, 2.45) is 0 Å². The molecule has 0 aliphatic carbocycles. The van der Waals surface area contributed by atoms with Gasteiger partial charge in [-0.1, -0.05) is 54.6 Å². The molecule has 3 aromatic rings. The molecule has 11 heteroatoms. The fourth-order valence-electron chi connectivity index (χ4n) is 3.49. The molecular weight excluding hydrogens is 482 g/mol. The molecule has 1 N–H and O–H groups in total. The summed E-state index contributed by atoms with van der Waals surface area (Å²) >= 11 is 7.11. The number of benzene rings is 2. The largest absolute Gasteiger partial charge is 0.339 e. The van der Waals surface area contributed by atoms with Gasteiger partial charge >= 0.3 is 0 Å². The lowest BCUT2D eigenvalue weighted by Gasteiger charge is -2.34. The van der Waals surface area contributed by atoms with Gasteiger partial charge < -0.3 is 4.90 Å².